The molecule has 0 aliphatic heterocycles. The lowest BCUT2D eigenvalue weighted by atomic mass is 10.0. The quantitative estimate of drug-likeness (QED) is 0.348. The summed E-state index contributed by atoms with van der Waals surface area (Å²) in [5.74, 6) is 0.232. The van der Waals surface area contributed by atoms with E-state index in [0.29, 0.717) is 38.3 Å². The molecule has 0 fully saturated rings. The van der Waals surface area contributed by atoms with E-state index in [2.05, 4.69) is 56.4 Å². The number of carbonyl (C=O) groups is 2. The van der Waals surface area contributed by atoms with Crippen molar-refractivity contribution in [2.75, 3.05) is 6.54 Å². The number of benzene rings is 3. The van der Waals surface area contributed by atoms with Crippen molar-refractivity contribution < 1.29 is 9.59 Å². The van der Waals surface area contributed by atoms with Gasteiger partial charge in [0.05, 0.1) is 0 Å². The average molecular weight is 485 g/mol. The monoisotopic (exact) mass is 484 g/mol. The Morgan fingerprint density at radius 1 is 0.833 bits per heavy atom. The van der Waals surface area contributed by atoms with Gasteiger partial charge in [-0.05, 0) is 47.9 Å². The molecule has 0 saturated heterocycles. The summed E-state index contributed by atoms with van der Waals surface area (Å²) in [4.78, 5) is 29.0. The van der Waals surface area contributed by atoms with Gasteiger partial charge >= 0.3 is 0 Å². The molecule has 2 amide bonds. The van der Waals surface area contributed by atoms with Crippen LogP contribution in [0, 0.1) is 12.8 Å². The molecule has 36 heavy (non-hydrogen) atoms. The fraction of sp³-hybridized carbons (Fsp3) is 0.375. The van der Waals surface area contributed by atoms with Crippen molar-refractivity contribution in [3.63, 3.8) is 0 Å². The molecule has 1 atom stereocenters. The SMILES string of the molecule is CCc1ccc(CCC(=O)N(Cc2cccc(C)c2)C(Cc2ccccc2)C(=O)NCC(C)C)cc1. The molecule has 3 aromatic carbocycles. The van der Waals surface area contributed by atoms with Crippen molar-refractivity contribution in [2.45, 2.75) is 66.0 Å². The van der Waals surface area contributed by atoms with Gasteiger partial charge in [0, 0.05) is 25.9 Å². The third-order valence-corrected chi connectivity index (χ3v) is 6.45. The Labute approximate surface area is 216 Å². The van der Waals surface area contributed by atoms with Gasteiger partial charge in [0.25, 0.3) is 0 Å². The third kappa shape index (κ3) is 8.37. The molecule has 0 aromatic heterocycles. The van der Waals surface area contributed by atoms with E-state index in [4.69, 9.17) is 0 Å². The summed E-state index contributed by atoms with van der Waals surface area (Å²) in [5, 5.41) is 3.09. The van der Waals surface area contributed by atoms with Crippen LogP contribution in [-0.4, -0.2) is 29.3 Å². The van der Waals surface area contributed by atoms with Gasteiger partial charge in [-0.1, -0.05) is 105 Å². The van der Waals surface area contributed by atoms with Crippen LogP contribution in [0.3, 0.4) is 0 Å². The lowest BCUT2D eigenvalue weighted by Crippen LogP contribution is -2.51. The molecule has 0 bridgehead atoms. The van der Waals surface area contributed by atoms with E-state index in [1.807, 2.05) is 55.5 Å². The van der Waals surface area contributed by atoms with E-state index >= 15 is 0 Å². The summed E-state index contributed by atoms with van der Waals surface area (Å²) in [5.41, 5.74) is 5.64. The second-order valence-corrected chi connectivity index (χ2v) is 10.0. The van der Waals surface area contributed by atoms with Gasteiger partial charge in [0.15, 0.2) is 0 Å². The second-order valence-electron chi connectivity index (χ2n) is 10.0. The fourth-order valence-electron chi connectivity index (χ4n) is 4.32. The minimum Gasteiger partial charge on any atom is -0.354 e. The number of nitrogens with one attached hydrogen (secondary N) is 1. The van der Waals surface area contributed by atoms with Crippen molar-refractivity contribution in [1.29, 1.82) is 0 Å². The first kappa shape index (κ1) is 27.2. The topological polar surface area (TPSA) is 49.4 Å². The normalized spacial score (nSPS) is 11.8. The molecule has 4 heteroatoms. The second kappa shape index (κ2) is 13.6. The highest BCUT2D eigenvalue weighted by atomic mass is 16.2. The molecule has 190 valence electrons. The minimum atomic E-state index is -0.582. The van der Waals surface area contributed by atoms with Crippen LogP contribution in [0.15, 0.2) is 78.9 Å². The molecular formula is C32H40N2O2. The smallest absolute Gasteiger partial charge is 0.243 e. The van der Waals surface area contributed by atoms with Gasteiger partial charge in [0.1, 0.15) is 6.04 Å². The van der Waals surface area contributed by atoms with Crippen LogP contribution < -0.4 is 5.32 Å². The van der Waals surface area contributed by atoms with Crippen LogP contribution in [0.5, 0.6) is 0 Å². The fourth-order valence-corrected chi connectivity index (χ4v) is 4.32. The van der Waals surface area contributed by atoms with Gasteiger partial charge < -0.3 is 10.2 Å². The number of rotatable bonds is 12. The van der Waals surface area contributed by atoms with Crippen LogP contribution in [-0.2, 0) is 35.4 Å². The van der Waals surface area contributed by atoms with Crippen LogP contribution in [0.4, 0.5) is 0 Å². The zero-order valence-corrected chi connectivity index (χ0v) is 22.2. The van der Waals surface area contributed by atoms with Gasteiger partial charge in [-0.15, -0.1) is 0 Å². The zero-order valence-electron chi connectivity index (χ0n) is 22.2. The van der Waals surface area contributed by atoms with Crippen molar-refractivity contribution in [3.8, 4) is 0 Å². The number of aryl methyl sites for hydroxylation is 3. The van der Waals surface area contributed by atoms with Crippen molar-refractivity contribution >= 4 is 11.8 Å². The summed E-state index contributed by atoms with van der Waals surface area (Å²) in [6.45, 7) is 9.32. The van der Waals surface area contributed by atoms with Crippen molar-refractivity contribution in [2.24, 2.45) is 5.92 Å². The molecule has 4 nitrogen and oxygen atoms in total. The lowest BCUT2D eigenvalue weighted by molar-refractivity contribution is -0.141. The molecule has 1 unspecified atom stereocenters. The van der Waals surface area contributed by atoms with Gasteiger partial charge in [-0.2, -0.15) is 0 Å². The van der Waals surface area contributed by atoms with E-state index in [1.165, 1.54) is 5.56 Å². The van der Waals surface area contributed by atoms with Crippen LogP contribution in [0.25, 0.3) is 0 Å². The zero-order chi connectivity index (χ0) is 25.9. The molecular weight excluding hydrogens is 444 g/mol. The molecule has 0 radical (unpaired) electrons. The third-order valence-electron chi connectivity index (χ3n) is 6.45. The Morgan fingerprint density at radius 2 is 1.50 bits per heavy atom. The average Bonchev–Trinajstić information content (AvgIpc) is 2.88. The first-order chi connectivity index (χ1) is 17.4. The predicted molar refractivity (Wildman–Crippen MR) is 148 cm³/mol. The maximum absolute atomic E-state index is 13.7. The Bertz CT molecular complexity index is 1110. The molecule has 1 N–H and O–H groups in total. The van der Waals surface area contributed by atoms with E-state index in [9.17, 15) is 9.59 Å². The molecule has 0 saturated carbocycles. The summed E-state index contributed by atoms with van der Waals surface area (Å²) >= 11 is 0. The minimum absolute atomic E-state index is 0.00305. The van der Waals surface area contributed by atoms with Crippen LogP contribution >= 0.6 is 0 Å². The maximum Gasteiger partial charge on any atom is 0.243 e. The summed E-state index contributed by atoms with van der Waals surface area (Å²) in [6.07, 6.45) is 2.49. The molecule has 3 rings (SSSR count). The molecule has 0 aliphatic rings. The van der Waals surface area contributed by atoms with Gasteiger partial charge in [0.2, 0.25) is 11.8 Å². The van der Waals surface area contributed by atoms with E-state index in [-0.39, 0.29) is 11.8 Å². The van der Waals surface area contributed by atoms with Gasteiger partial charge in [-0.25, -0.2) is 0 Å². The summed E-state index contributed by atoms with van der Waals surface area (Å²) < 4.78 is 0. The number of nitrogens with zero attached hydrogens (tertiary/aromatic N) is 1. The van der Waals surface area contributed by atoms with Crippen molar-refractivity contribution in [3.05, 3.63) is 107 Å². The molecule has 3 aromatic rings. The van der Waals surface area contributed by atoms with Crippen LogP contribution in [0.2, 0.25) is 0 Å². The number of amides is 2. The number of hydrogen-bond donors (Lipinski definition) is 1. The molecule has 0 spiro atoms. The van der Waals surface area contributed by atoms with Gasteiger partial charge in [-0.3, -0.25) is 9.59 Å². The van der Waals surface area contributed by atoms with E-state index in [1.54, 1.807) is 4.90 Å². The van der Waals surface area contributed by atoms with E-state index in [0.717, 1.165) is 28.7 Å². The Kier molecular flexibility index (Phi) is 10.3. The Morgan fingerprint density at radius 3 is 2.14 bits per heavy atom. The Balaban J connectivity index is 1.88. The number of hydrogen-bond acceptors (Lipinski definition) is 2. The molecule has 0 aliphatic carbocycles. The Hall–Kier alpha value is -3.40. The predicted octanol–water partition coefficient (Wildman–Crippen LogP) is 5.90. The maximum atomic E-state index is 13.7. The molecule has 0 heterocycles. The van der Waals surface area contributed by atoms with E-state index < -0.39 is 6.04 Å². The van der Waals surface area contributed by atoms with Crippen molar-refractivity contribution in [1.82, 2.24) is 10.2 Å². The summed E-state index contributed by atoms with van der Waals surface area (Å²) in [7, 11) is 0. The standard InChI is InChI=1S/C32H40N2O2/c1-5-26-14-16-27(17-15-26)18-19-31(35)34(23-29-13-9-10-25(4)20-29)30(32(36)33-22-24(2)3)21-28-11-7-6-8-12-28/h6-17,20,24,30H,5,18-19,21-23H2,1-4H3,(H,33,36). The highest BCUT2D eigenvalue weighted by Gasteiger charge is 2.30. The van der Waals surface area contributed by atoms with Crippen LogP contribution in [0.1, 0.15) is 55.0 Å². The highest BCUT2D eigenvalue weighted by Crippen LogP contribution is 2.18. The summed E-state index contributed by atoms with van der Waals surface area (Å²) in [6, 6.07) is 26.0. The highest BCUT2D eigenvalue weighted by molar-refractivity contribution is 5.88. The largest absolute Gasteiger partial charge is 0.354 e. The lowest BCUT2D eigenvalue weighted by Gasteiger charge is -2.32. The number of carbonyl (C=O) groups excluding carboxylic acids is 2. The first-order valence-corrected chi connectivity index (χ1v) is 13.1. The first-order valence-electron chi connectivity index (χ1n) is 13.1.